The fourth-order valence-corrected chi connectivity index (χ4v) is 1.86. The number of hydrogen-bond donors (Lipinski definition) is 2. The van der Waals surface area contributed by atoms with E-state index in [4.69, 9.17) is 11.6 Å². The Morgan fingerprint density at radius 2 is 1.61 bits per heavy atom. The molecule has 0 bridgehead atoms. The molecule has 0 fully saturated rings. The number of aryl methyl sites for hydroxylation is 1. The molecule has 0 saturated carbocycles. The highest BCUT2D eigenvalue weighted by atomic mass is 35.5. The molecule has 0 amide bonds. The molecule has 102 valence electrons. The largest absolute Gasteiger partial charge is 0.424 e. The first-order valence-electron chi connectivity index (χ1n) is 5.19. The monoisotopic (exact) mass is 282 g/mol. The van der Waals surface area contributed by atoms with Gasteiger partial charge < -0.3 is 10.2 Å². The zero-order valence-electron chi connectivity index (χ0n) is 10.1. The van der Waals surface area contributed by atoms with Crippen LogP contribution in [-0.4, -0.2) is 22.0 Å². The summed E-state index contributed by atoms with van der Waals surface area (Å²) >= 11 is 5.76. The molecule has 0 radical (unpaired) electrons. The van der Waals surface area contributed by atoms with Crippen molar-refractivity contribution in [1.82, 2.24) is 0 Å². The molecule has 1 unspecified atom stereocenters. The number of halogens is 4. The van der Waals surface area contributed by atoms with Crippen molar-refractivity contribution in [2.75, 3.05) is 0 Å². The number of alkyl halides is 3. The van der Waals surface area contributed by atoms with Crippen LogP contribution in [0.5, 0.6) is 0 Å². The zero-order chi connectivity index (χ0) is 14.4. The average molecular weight is 283 g/mol. The number of aliphatic hydroxyl groups is 2. The number of benzene rings is 1. The maximum atomic E-state index is 13.1. The second kappa shape index (κ2) is 4.40. The molecular formula is C12H14ClF3O2. The second-order valence-electron chi connectivity index (χ2n) is 4.73. The number of hydrogen-bond acceptors (Lipinski definition) is 2. The lowest BCUT2D eigenvalue weighted by atomic mass is 9.79. The Morgan fingerprint density at radius 1 is 1.11 bits per heavy atom. The highest BCUT2D eigenvalue weighted by molar-refractivity contribution is 6.31. The fraction of sp³-hybridized carbons (Fsp3) is 0.500. The van der Waals surface area contributed by atoms with Gasteiger partial charge in [-0.05, 0) is 38.0 Å². The highest BCUT2D eigenvalue weighted by Crippen LogP contribution is 2.46. The van der Waals surface area contributed by atoms with E-state index in [0.717, 1.165) is 26.0 Å². The van der Waals surface area contributed by atoms with Crippen molar-refractivity contribution < 1.29 is 23.4 Å². The topological polar surface area (TPSA) is 40.5 Å². The molecule has 1 rings (SSSR count). The molecule has 0 aliphatic carbocycles. The second-order valence-corrected chi connectivity index (χ2v) is 5.14. The minimum Gasteiger partial charge on any atom is -0.387 e. The van der Waals surface area contributed by atoms with Crippen LogP contribution < -0.4 is 0 Å². The smallest absolute Gasteiger partial charge is 0.387 e. The van der Waals surface area contributed by atoms with E-state index >= 15 is 0 Å². The molecule has 1 aromatic rings. The van der Waals surface area contributed by atoms with Gasteiger partial charge in [-0.2, -0.15) is 13.2 Å². The van der Waals surface area contributed by atoms with Crippen LogP contribution in [0.25, 0.3) is 0 Å². The summed E-state index contributed by atoms with van der Waals surface area (Å²) in [5.41, 5.74) is -5.68. The average Bonchev–Trinajstić information content (AvgIpc) is 2.17. The van der Waals surface area contributed by atoms with Crippen molar-refractivity contribution in [2.24, 2.45) is 0 Å². The van der Waals surface area contributed by atoms with Crippen LogP contribution in [0, 0.1) is 6.92 Å². The predicted molar refractivity (Wildman–Crippen MR) is 62.4 cm³/mol. The van der Waals surface area contributed by atoms with Crippen LogP contribution >= 0.6 is 11.6 Å². The maximum absolute atomic E-state index is 13.1. The summed E-state index contributed by atoms with van der Waals surface area (Å²) in [6.07, 6.45) is -5.02. The molecule has 0 aliphatic heterocycles. The normalized spacial score (nSPS) is 16.5. The molecule has 18 heavy (non-hydrogen) atoms. The third kappa shape index (κ3) is 2.35. The van der Waals surface area contributed by atoms with Gasteiger partial charge in [0, 0.05) is 5.02 Å². The van der Waals surface area contributed by atoms with Crippen molar-refractivity contribution in [1.29, 1.82) is 0 Å². The minimum absolute atomic E-state index is 0.0967. The Hall–Kier alpha value is -0.780. The van der Waals surface area contributed by atoms with Crippen molar-refractivity contribution in [3.05, 3.63) is 34.3 Å². The Bertz CT molecular complexity index is 436. The first-order chi connectivity index (χ1) is 7.91. The summed E-state index contributed by atoms with van der Waals surface area (Å²) in [6, 6.07) is 3.48. The van der Waals surface area contributed by atoms with Gasteiger partial charge in [0.1, 0.15) is 5.60 Å². The van der Waals surface area contributed by atoms with E-state index < -0.39 is 22.9 Å². The molecule has 6 heteroatoms. The van der Waals surface area contributed by atoms with Crippen LogP contribution in [0.1, 0.15) is 25.0 Å². The van der Waals surface area contributed by atoms with Gasteiger partial charge in [-0.3, -0.25) is 0 Å². The third-order valence-corrected chi connectivity index (χ3v) is 3.29. The Morgan fingerprint density at radius 3 is 1.94 bits per heavy atom. The van der Waals surface area contributed by atoms with Crippen LogP contribution in [0.4, 0.5) is 13.2 Å². The molecule has 0 aromatic heterocycles. The van der Waals surface area contributed by atoms with Crippen molar-refractivity contribution in [3.63, 3.8) is 0 Å². The van der Waals surface area contributed by atoms with Gasteiger partial charge in [-0.25, -0.2) is 0 Å². The quantitative estimate of drug-likeness (QED) is 0.875. The first-order valence-corrected chi connectivity index (χ1v) is 5.57. The van der Waals surface area contributed by atoms with Gasteiger partial charge in [0.05, 0.1) is 0 Å². The molecule has 1 aromatic carbocycles. The Balaban J connectivity index is 3.51. The Kier molecular flexibility index (Phi) is 3.74. The SMILES string of the molecule is Cc1ccc(C(O)(C(C)(C)O)C(F)(F)F)cc1Cl. The molecule has 0 aliphatic rings. The van der Waals surface area contributed by atoms with E-state index in [0.29, 0.717) is 5.56 Å². The molecule has 0 spiro atoms. The molecular weight excluding hydrogens is 269 g/mol. The van der Waals surface area contributed by atoms with Crippen LogP contribution in [0.2, 0.25) is 5.02 Å². The zero-order valence-corrected chi connectivity index (χ0v) is 10.9. The summed E-state index contributed by atoms with van der Waals surface area (Å²) in [5.74, 6) is 0. The van der Waals surface area contributed by atoms with Crippen molar-refractivity contribution in [3.8, 4) is 0 Å². The summed E-state index contributed by atoms with van der Waals surface area (Å²) in [6.45, 7) is 3.42. The molecule has 1 atom stereocenters. The third-order valence-electron chi connectivity index (χ3n) is 2.89. The van der Waals surface area contributed by atoms with E-state index in [1.807, 2.05) is 0 Å². The lowest BCUT2D eigenvalue weighted by molar-refractivity contribution is -0.319. The van der Waals surface area contributed by atoms with E-state index in [2.05, 4.69) is 0 Å². The van der Waals surface area contributed by atoms with Gasteiger partial charge in [0.15, 0.2) is 0 Å². The van der Waals surface area contributed by atoms with Gasteiger partial charge in [0.25, 0.3) is 0 Å². The van der Waals surface area contributed by atoms with Crippen molar-refractivity contribution >= 4 is 11.6 Å². The Labute approximate surface area is 108 Å². The molecule has 2 nitrogen and oxygen atoms in total. The lowest BCUT2D eigenvalue weighted by Crippen LogP contribution is -2.57. The van der Waals surface area contributed by atoms with E-state index in [1.165, 1.54) is 6.07 Å². The maximum Gasteiger partial charge on any atom is 0.424 e. The lowest BCUT2D eigenvalue weighted by Gasteiger charge is -2.40. The van der Waals surface area contributed by atoms with Gasteiger partial charge in [-0.1, -0.05) is 23.7 Å². The summed E-state index contributed by atoms with van der Waals surface area (Å²) < 4.78 is 39.2. The van der Waals surface area contributed by atoms with Crippen LogP contribution in [-0.2, 0) is 5.60 Å². The summed E-state index contributed by atoms with van der Waals surface area (Å²) in [4.78, 5) is 0. The van der Waals surface area contributed by atoms with Crippen LogP contribution in [0.3, 0.4) is 0 Å². The fourth-order valence-electron chi connectivity index (χ4n) is 1.68. The van der Waals surface area contributed by atoms with E-state index in [1.54, 1.807) is 6.92 Å². The molecule has 0 heterocycles. The van der Waals surface area contributed by atoms with E-state index in [-0.39, 0.29) is 5.02 Å². The first kappa shape index (κ1) is 15.3. The van der Waals surface area contributed by atoms with Gasteiger partial charge in [0.2, 0.25) is 5.60 Å². The minimum atomic E-state index is -5.02. The molecule has 0 saturated heterocycles. The van der Waals surface area contributed by atoms with Gasteiger partial charge >= 0.3 is 6.18 Å². The van der Waals surface area contributed by atoms with E-state index in [9.17, 15) is 23.4 Å². The van der Waals surface area contributed by atoms with Gasteiger partial charge in [-0.15, -0.1) is 0 Å². The summed E-state index contributed by atoms with van der Waals surface area (Å²) in [5, 5.41) is 19.7. The standard InChI is InChI=1S/C12H14ClF3O2/c1-7-4-5-8(6-9(7)13)11(18,10(2,3)17)12(14,15)16/h4-6,17-18H,1-3H3. The highest BCUT2D eigenvalue weighted by Gasteiger charge is 2.63. The van der Waals surface area contributed by atoms with Crippen molar-refractivity contribution in [2.45, 2.75) is 38.1 Å². The predicted octanol–water partition coefficient (Wildman–Crippen LogP) is 3.17. The molecule has 2 N–H and O–H groups in total. The summed E-state index contributed by atoms with van der Waals surface area (Å²) in [7, 11) is 0. The number of rotatable bonds is 2. The van der Waals surface area contributed by atoms with Crippen LogP contribution in [0.15, 0.2) is 18.2 Å².